The van der Waals surface area contributed by atoms with Crippen molar-refractivity contribution < 1.29 is 0 Å². The fraction of sp³-hybridized carbons (Fsp3) is 0.250. The molecule has 0 aliphatic heterocycles. The predicted molar refractivity (Wildman–Crippen MR) is 28.5 cm³/mol. The monoisotopic (exact) mass is 97.1 g/mol. The number of rotatable bonds is 2. The number of aliphatic imine (C=N–C) groups is 1. The van der Waals surface area contributed by atoms with Crippen molar-refractivity contribution in [1.82, 2.24) is 0 Å². The summed E-state index contributed by atoms with van der Waals surface area (Å²) in [5.41, 5.74) is 6.25. The summed E-state index contributed by atoms with van der Waals surface area (Å²) in [7, 11) is 0. The first kappa shape index (κ1) is 6.01. The van der Waals surface area contributed by atoms with E-state index >= 15 is 0 Å². The van der Waals surface area contributed by atoms with Crippen molar-refractivity contribution in [3.8, 4) is 0 Å². The average molecular weight is 97.1 g/mol. The molecule has 38 valence electrons. The van der Waals surface area contributed by atoms with E-state index < -0.39 is 0 Å². The number of hydrogen-bond donors (Lipinski definition) is 1. The van der Waals surface area contributed by atoms with E-state index in [0.29, 0.717) is 0 Å². The van der Waals surface area contributed by atoms with Crippen LogP contribution in [0.3, 0.4) is 0 Å². The lowest BCUT2D eigenvalue weighted by molar-refractivity contribution is 1.14. The fourth-order valence-corrected chi connectivity index (χ4v) is 0.158. The van der Waals surface area contributed by atoms with Crippen molar-refractivity contribution in [3.63, 3.8) is 0 Å². The van der Waals surface area contributed by atoms with Gasteiger partial charge >= 0.3 is 0 Å². The molecular weight excluding hydrogens is 90.1 g/mol. The molecule has 0 aromatic heterocycles. The molecule has 0 spiro atoms. The average Bonchev–Trinajstić information content (AvgIpc) is 1.69. The third-order valence-corrected chi connectivity index (χ3v) is 0.376. The molecule has 0 bridgehead atoms. The maximum Gasteiger partial charge on any atom is 0.0671 e. The van der Waals surface area contributed by atoms with Gasteiger partial charge in [0, 0.05) is 12.4 Å². The molecule has 0 atom stereocenters. The van der Waals surface area contributed by atoms with Crippen molar-refractivity contribution in [2.24, 2.45) is 10.1 Å². The van der Waals surface area contributed by atoms with Gasteiger partial charge in [-0.2, -0.15) is 5.11 Å². The summed E-state index contributed by atoms with van der Waals surface area (Å²) >= 11 is 0. The Kier molecular flexibility index (Phi) is 4.30. The van der Waals surface area contributed by atoms with E-state index in [1.807, 2.05) is 0 Å². The van der Waals surface area contributed by atoms with Crippen LogP contribution in [0, 0.1) is 5.53 Å². The van der Waals surface area contributed by atoms with Crippen molar-refractivity contribution in [2.75, 3.05) is 0 Å². The van der Waals surface area contributed by atoms with E-state index in [0.717, 1.165) is 0 Å². The summed E-state index contributed by atoms with van der Waals surface area (Å²) < 4.78 is 0. The van der Waals surface area contributed by atoms with Gasteiger partial charge in [0.2, 0.25) is 0 Å². The van der Waals surface area contributed by atoms with Crippen LogP contribution in [0.4, 0.5) is 0 Å². The summed E-state index contributed by atoms with van der Waals surface area (Å²) in [6.07, 6.45) is 4.38. The fourth-order valence-electron chi connectivity index (χ4n) is 0.158. The van der Waals surface area contributed by atoms with Crippen LogP contribution in [0.25, 0.3) is 0 Å². The van der Waals surface area contributed by atoms with E-state index in [1.54, 1.807) is 13.1 Å². The molecule has 0 unspecified atom stereocenters. The molecule has 0 fully saturated rings. The van der Waals surface area contributed by atoms with Crippen molar-refractivity contribution >= 4 is 6.21 Å². The minimum atomic E-state index is 1.31. The highest BCUT2D eigenvalue weighted by Gasteiger charge is 1.53. The largest absolute Gasteiger partial charge is 0.268 e. The van der Waals surface area contributed by atoms with Gasteiger partial charge in [-0.1, -0.05) is 0 Å². The Morgan fingerprint density at radius 2 is 2.14 bits per heavy atom. The van der Waals surface area contributed by atoms with Gasteiger partial charge in [0.25, 0.3) is 0 Å². The Morgan fingerprint density at radius 1 is 1.43 bits per heavy atom. The lowest BCUT2D eigenvalue weighted by Gasteiger charge is -1.65. The Hall–Kier alpha value is -0.990. The van der Waals surface area contributed by atoms with Crippen molar-refractivity contribution in [3.05, 3.63) is 12.4 Å². The Bertz CT molecular complexity index is 93.1. The van der Waals surface area contributed by atoms with Crippen LogP contribution in [-0.2, 0) is 0 Å². The Morgan fingerprint density at radius 3 is 2.57 bits per heavy atom. The first-order chi connectivity index (χ1) is 3.41. The van der Waals surface area contributed by atoms with Crippen molar-refractivity contribution in [2.45, 2.75) is 6.92 Å². The molecule has 0 saturated carbocycles. The topological polar surface area (TPSA) is 48.6 Å². The molecule has 0 amide bonds. The van der Waals surface area contributed by atoms with Gasteiger partial charge in [-0.15, -0.1) is 0 Å². The van der Waals surface area contributed by atoms with Crippen LogP contribution < -0.4 is 0 Å². The first-order valence-electron chi connectivity index (χ1n) is 1.91. The van der Waals surface area contributed by atoms with Gasteiger partial charge in [-0.25, -0.2) is 5.53 Å². The van der Waals surface area contributed by atoms with Gasteiger partial charge in [-0.3, -0.25) is 4.99 Å². The third-order valence-electron chi connectivity index (χ3n) is 0.376. The quantitative estimate of drug-likeness (QED) is 0.401. The highest BCUT2D eigenvalue weighted by atomic mass is 14.9. The SMILES string of the molecule is C/C=N\C=C/N=N. The predicted octanol–water partition coefficient (Wildman–Crippen LogP) is 1.58. The summed E-state index contributed by atoms with van der Waals surface area (Å²) in [5.74, 6) is 0. The van der Waals surface area contributed by atoms with Crippen LogP contribution in [0.15, 0.2) is 22.5 Å². The van der Waals surface area contributed by atoms with Gasteiger partial charge in [0.15, 0.2) is 0 Å². The normalized spacial score (nSPS) is 11.0. The van der Waals surface area contributed by atoms with E-state index in [9.17, 15) is 0 Å². The lowest BCUT2D eigenvalue weighted by atomic mass is 10.8. The third kappa shape index (κ3) is 5.01. The second-order valence-corrected chi connectivity index (χ2v) is 0.835. The van der Waals surface area contributed by atoms with Crippen LogP contribution in [0.5, 0.6) is 0 Å². The number of nitrogens with zero attached hydrogens (tertiary/aromatic N) is 2. The molecule has 0 aromatic rings. The molecule has 0 aliphatic carbocycles. The molecule has 0 saturated heterocycles. The summed E-state index contributed by atoms with van der Waals surface area (Å²) in [5, 5.41) is 2.93. The standard InChI is InChI=1S/C4H7N3/c1-2-6-3-4-7-5/h2-5H,1H3/b4-3-,6-2-,7-5?. The van der Waals surface area contributed by atoms with Gasteiger partial charge in [-0.05, 0) is 6.92 Å². The zero-order chi connectivity index (χ0) is 5.54. The molecule has 3 nitrogen and oxygen atoms in total. The molecular formula is C4H7N3. The Labute approximate surface area is 42.3 Å². The zero-order valence-electron chi connectivity index (χ0n) is 4.13. The summed E-state index contributed by atoms with van der Waals surface area (Å²) in [6.45, 7) is 1.80. The van der Waals surface area contributed by atoms with Crippen LogP contribution in [0.2, 0.25) is 0 Å². The molecule has 3 heteroatoms. The number of nitrogens with one attached hydrogen (secondary N) is 1. The number of hydrogen-bond acceptors (Lipinski definition) is 3. The molecule has 0 rings (SSSR count). The molecule has 0 aliphatic rings. The maximum absolute atomic E-state index is 6.25. The smallest absolute Gasteiger partial charge is 0.0671 e. The minimum absolute atomic E-state index is 1.31. The maximum atomic E-state index is 6.25. The second-order valence-electron chi connectivity index (χ2n) is 0.835. The molecule has 0 aromatic carbocycles. The first-order valence-corrected chi connectivity index (χ1v) is 1.91. The van der Waals surface area contributed by atoms with E-state index in [2.05, 4.69) is 10.1 Å². The van der Waals surface area contributed by atoms with Gasteiger partial charge < -0.3 is 0 Å². The van der Waals surface area contributed by atoms with E-state index in [4.69, 9.17) is 5.53 Å². The molecule has 7 heavy (non-hydrogen) atoms. The zero-order valence-corrected chi connectivity index (χ0v) is 4.13. The molecule has 0 radical (unpaired) electrons. The summed E-state index contributed by atoms with van der Waals surface area (Å²) in [4.78, 5) is 3.64. The highest BCUT2D eigenvalue weighted by Crippen LogP contribution is 1.71. The summed E-state index contributed by atoms with van der Waals surface area (Å²) in [6, 6.07) is 0. The van der Waals surface area contributed by atoms with Crippen LogP contribution in [-0.4, -0.2) is 6.21 Å². The highest BCUT2D eigenvalue weighted by molar-refractivity contribution is 5.54. The second kappa shape index (κ2) is 5.01. The van der Waals surface area contributed by atoms with E-state index in [1.165, 1.54) is 12.4 Å². The van der Waals surface area contributed by atoms with E-state index in [-0.39, 0.29) is 0 Å². The van der Waals surface area contributed by atoms with Crippen LogP contribution in [0.1, 0.15) is 6.92 Å². The Balaban J connectivity index is 3.27. The molecule has 0 heterocycles. The van der Waals surface area contributed by atoms with Gasteiger partial charge in [0.1, 0.15) is 0 Å². The minimum Gasteiger partial charge on any atom is -0.268 e. The van der Waals surface area contributed by atoms with Gasteiger partial charge in [0.05, 0.1) is 6.20 Å². The molecule has 1 N–H and O–H groups in total. The van der Waals surface area contributed by atoms with Crippen molar-refractivity contribution in [1.29, 1.82) is 5.53 Å². The van der Waals surface area contributed by atoms with Crippen LogP contribution >= 0.6 is 0 Å². The lowest BCUT2D eigenvalue weighted by Crippen LogP contribution is -1.51.